The number of aliphatic hydroxyl groups is 2. The second-order valence-electron chi connectivity index (χ2n) is 5.63. The summed E-state index contributed by atoms with van der Waals surface area (Å²) in [4.78, 5) is 2.43. The minimum atomic E-state index is -0.804. The highest BCUT2D eigenvalue weighted by Gasteiger charge is 2.18. The van der Waals surface area contributed by atoms with Gasteiger partial charge in [-0.1, -0.05) is 24.3 Å². The Morgan fingerprint density at radius 3 is 2.70 bits per heavy atom. The molecule has 20 heavy (non-hydrogen) atoms. The van der Waals surface area contributed by atoms with Gasteiger partial charge in [-0.15, -0.1) is 0 Å². The van der Waals surface area contributed by atoms with Crippen molar-refractivity contribution in [3.63, 3.8) is 0 Å². The monoisotopic (exact) mass is 278 g/mol. The van der Waals surface area contributed by atoms with Gasteiger partial charge in [0.1, 0.15) is 6.10 Å². The molecule has 4 nitrogen and oxygen atoms in total. The van der Waals surface area contributed by atoms with Crippen molar-refractivity contribution in [3.05, 3.63) is 35.4 Å². The summed E-state index contributed by atoms with van der Waals surface area (Å²) < 4.78 is 0. The quantitative estimate of drug-likeness (QED) is 0.703. The molecule has 0 aromatic heterocycles. The lowest BCUT2D eigenvalue weighted by atomic mass is 10.00. The number of likely N-dealkylation sites (tertiary alicyclic amines) is 1. The third-order valence-electron chi connectivity index (χ3n) is 3.95. The molecular weight excluding hydrogens is 252 g/mol. The molecule has 0 bridgehead atoms. The number of nitrogens with zero attached hydrogens (tertiary/aromatic N) is 1. The smallest absolute Gasteiger partial charge is 0.105 e. The van der Waals surface area contributed by atoms with Crippen molar-refractivity contribution in [1.29, 1.82) is 0 Å². The molecule has 0 amide bonds. The van der Waals surface area contributed by atoms with Gasteiger partial charge in [0.15, 0.2) is 0 Å². The molecule has 1 heterocycles. The Morgan fingerprint density at radius 2 is 2.00 bits per heavy atom. The van der Waals surface area contributed by atoms with Gasteiger partial charge in [-0.2, -0.15) is 0 Å². The van der Waals surface area contributed by atoms with Crippen molar-refractivity contribution >= 4 is 0 Å². The standard InChI is InChI=1S/C16H26N2O2/c1-17-8-7-15(19)16(20)14-6-4-5-13(11-14)12-18-9-2-3-10-18/h4-6,11,15-17,19-20H,2-3,7-10,12H2,1H3. The van der Waals surface area contributed by atoms with Crippen molar-refractivity contribution in [1.82, 2.24) is 10.2 Å². The summed E-state index contributed by atoms with van der Waals surface area (Å²) in [5.74, 6) is 0. The topological polar surface area (TPSA) is 55.7 Å². The van der Waals surface area contributed by atoms with Gasteiger partial charge in [0.05, 0.1) is 6.10 Å². The molecule has 3 N–H and O–H groups in total. The SMILES string of the molecule is CNCCC(O)C(O)c1cccc(CN2CCCC2)c1. The van der Waals surface area contributed by atoms with E-state index in [-0.39, 0.29) is 0 Å². The van der Waals surface area contributed by atoms with Gasteiger partial charge >= 0.3 is 0 Å². The normalized spacial score (nSPS) is 19.1. The zero-order valence-corrected chi connectivity index (χ0v) is 12.3. The summed E-state index contributed by atoms with van der Waals surface area (Å²) in [5.41, 5.74) is 2.02. The highest BCUT2D eigenvalue weighted by atomic mass is 16.3. The van der Waals surface area contributed by atoms with Gasteiger partial charge < -0.3 is 15.5 Å². The first-order valence-electron chi connectivity index (χ1n) is 7.52. The number of aliphatic hydroxyl groups excluding tert-OH is 2. The lowest BCUT2D eigenvalue weighted by molar-refractivity contribution is 0.0140. The van der Waals surface area contributed by atoms with E-state index >= 15 is 0 Å². The summed E-state index contributed by atoms with van der Waals surface area (Å²) in [6.07, 6.45) is 1.59. The van der Waals surface area contributed by atoms with Gasteiger partial charge in [0.25, 0.3) is 0 Å². The van der Waals surface area contributed by atoms with Crippen LogP contribution in [0.1, 0.15) is 36.5 Å². The Bertz CT molecular complexity index is 405. The molecule has 2 unspecified atom stereocenters. The van der Waals surface area contributed by atoms with E-state index in [2.05, 4.69) is 16.3 Å². The fraction of sp³-hybridized carbons (Fsp3) is 0.625. The molecule has 1 aromatic rings. The van der Waals surface area contributed by atoms with Gasteiger partial charge in [0, 0.05) is 6.54 Å². The van der Waals surface area contributed by atoms with Crippen molar-refractivity contribution in [2.45, 2.75) is 38.0 Å². The third-order valence-corrected chi connectivity index (χ3v) is 3.95. The lowest BCUT2D eigenvalue weighted by Gasteiger charge is -2.20. The van der Waals surface area contributed by atoms with Gasteiger partial charge in [-0.3, -0.25) is 4.90 Å². The molecule has 2 rings (SSSR count). The summed E-state index contributed by atoms with van der Waals surface area (Å²) in [6, 6.07) is 7.97. The molecule has 0 spiro atoms. The van der Waals surface area contributed by atoms with Crippen LogP contribution in [0.2, 0.25) is 0 Å². The molecular formula is C16H26N2O2. The zero-order valence-electron chi connectivity index (χ0n) is 12.3. The largest absolute Gasteiger partial charge is 0.390 e. The average molecular weight is 278 g/mol. The van der Waals surface area contributed by atoms with Crippen molar-refractivity contribution in [2.75, 3.05) is 26.7 Å². The maximum Gasteiger partial charge on any atom is 0.105 e. The van der Waals surface area contributed by atoms with E-state index in [1.165, 1.54) is 18.4 Å². The van der Waals surface area contributed by atoms with Crippen LogP contribution < -0.4 is 5.32 Å². The second kappa shape index (κ2) is 7.74. The average Bonchev–Trinajstić information content (AvgIpc) is 2.97. The highest BCUT2D eigenvalue weighted by molar-refractivity contribution is 5.26. The molecule has 2 atom stereocenters. The fourth-order valence-electron chi connectivity index (χ4n) is 2.75. The molecule has 0 aliphatic carbocycles. The van der Waals surface area contributed by atoms with E-state index in [1.54, 1.807) is 0 Å². The summed E-state index contributed by atoms with van der Waals surface area (Å²) in [7, 11) is 1.84. The Balaban J connectivity index is 1.96. The van der Waals surface area contributed by atoms with Gasteiger partial charge in [0.2, 0.25) is 0 Å². The third kappa shape index (κ3) is 4.28. The molecule has 1 aliphatic rings. The van der Waals surface area contributed by atoms with Crippen LogP contribution in [0.3, 0.4) is 0 Å². The van der Waals surface area contributed by atoms with Crippen molar-refractivity contribution in [2.24, 2.45) is 0 Å². The van der Waals surface area contributed by atoms with Crippen LogP contribution >= 0.6 is 0 Å². The van der Waals surface area contributed by atoms with Crippen LogP contribution in [0.15, 0.2) is 24.3 Å². The van der Waals surface area contributed by atoms with Gasteiger partial charge in [-0.05, 0) is 57.1 Å². The van der Waals surface area contributed by atoms with E-state index in [0.717, 1.165) is 25.2 Å². The summed E-state index contributed by atoms with van der Waals surface area (Å²) in [6.45, 7) is 3.97. The fourth-order valence-corrected chi connectivity index (χ4v) is 2.75. The second-order valence-corrected chi connectivity index (χ2v) is 5.63. The molecule has 1 fully saturated rings. The van der Waals surface area contributed by atoms with Crippen LogP contribution in [-0.4, -0.2) is 47.9 Å². The Hall–Kier alpha value is -0.940. The number of hydrogen-bond donors (Lipinski definition) is 3. The molecule has 112 valence electrons. The minimum absolute atomic E-state index is 0.550. The maximum atomic E-state index is 10.2. The number of hydrogen-bond acceptors (Lipinski definition) is 4. The Labute approximate surface area is 121 Å². The highest BCUT2D eigenvalue weighted by Crippen LogP contribution is 2.21. The molecule has 1 saturated heterocycles. The lowest BCUT2D eigenvalue weighted by Crippen LogP contribution is -2.23. The molecule has 0 saturated carbocycles. The first-order chi connectivity index (χ1) is 9.70. The van der Waals surface area contributed by atoms with Crippen LogP contribution in [0, 0.1) is 0 Å². The first-order valence-corrected chi connectivity index (χ1v) is 7.52. The van der Waals surface area contributed by atoms with E-state index < -0.39 is 12.2 Å². The minimum Gasteiger partial charge on any atom is -0.390 e. The Morgan fingerprint density at radius 1 is 1.25 bits per heavy atom. The van der Waals surface area contributed by atoms with Crippen LogP contribution in [0.5, 0.6) is 0 Å². The van der Waals surface area contributed by atoms with Gasteiger partial charge in [-0.25, -0.2) is 0 Å². The van der Waals surface area contributed by atoms with Crippen LogP contribution in [0.25, 0.3) is 0 Å². The van der Waals surface area contributed by atoms with Crippen LogP contribution in [-0.2, 0) is 6.54 Å². The number of rotatable bonds is 7. The zero-order chi connectivity index (χ0) is 14.4. The predicted molar refractivity (Wildman–Crippen MR) is 80.5 cm³/mol. The summed E-state index contributed by atoms with van der Waals surface area (Å²) >= 11 is 0. The summed E-state index contributed by atoms with van der Waals surface area (Å²) in [5, 5.41) is 23.2. The van der Waals surface area contributed by atoms with E-state index in [1.807, 2.05) is 25.2 Å². The molecule has 1 aromatic carbocycles. The van der Waals surface area contributed by atoms with E-state index in [9.17, 15) is 10.2 Å². The predicted octanol–water partition coefficient (Wildman–Crippen LogP) is 1.29. The van der Waals surface area contributed by atoms with Crippen molar-refractivity contribution < 1.29 is 10.2 Å². The van der Waals surface area contributed by atoms with Crippen LogP contribution in [0.4, 0.5) is 0 Å². The molecule has 0 radical (unpaired) electrons. The first kappa shape index (κ1) is 15.4. The van der Waals surface area contributed by atoms with Crippen molar-refractivity contribution in [3.8, 4) is 0 Å². The van der Waals surface area contributed by atoms with E-state index in [0.29, 0.717) is 13.0 Å². The number of nitrogens with one attached hydrogen (secondary N) is 1. The Kier molecular flexibility index (Phi) is 5.98. The maximum absolute atomic E-state index is 10.2. The molecule has 1 aliphatic heterocycles. The number of benzene rings is 1. The molecule has 4 heteroatoms. The van der Waals surface area contributed by atoms with E-state index in [4.69, 9.17) is 0 Å².